The van der Waals surface area contributed by atoms with Crippen molar-refractivity contribution in [3.8, 4) is 11.8 Å². The predicted molar refractivity (Wildman–Crippen MR) is 109 cm³/mol. The number of carbonyl (C=O) groups is 1. The van der Waals surface area contributed by atoms with E-state index in [1.54, 1.807) is 0 Å². The van der Waals surface area contributed by atoms with Crippen LogP contribution < -0.4 is 0 Å². The molecule has 0 radical (unpaired) electrons. The van der Waals surface area contributed by atoms with Crippen LogP contribution in [0.15, 0.2) is 11.6 Å². The van der Waals surface area contributed by atoms with Crippen LogP contribution in [0.25, 0.3) is 0 Å². The molecule has 4 heteroatoms. The van der Waals surface area contributed by atoms with Crippen molar-refractivity contribution in [2.24, 2.45) is 29.1 Å². The van der Waals surface area contributed by atoms with E-state index < -0.39 is 12.1 Å². The first-order chi connectivity index (χ1) is 13.2. The third-order valence-electron chi connectivity index (χ3n) is 7.12. The standard InChI is InChI=1S/C24H36O4/c1-24(2,15-23(27)28)11-10-16-12-18-14-22(26)19(20(18)13-16)8-9-21(25)17-6-4-3-5-7-17/h10,17-22,25-26H,3-7,11-15H2,1-2H3,(H,27,28)/b16-10+/t18-,19+,20-,21-,22+/m0/s1. The summed E-state index contributed by atoms with van der Waals surface area (Å²) in [6.07, 6.45) is 10.7. The number of rotatable bonds is 5. The van der Waals surface area contributed by atoms with Gasteiger partial charge in [0.15, 0.2) is 0 Å². The quantitative estimate of drug-likeness (QED) is 0.488. The molecule has 3 fully saturated rings. The molecule has 3 N–H and O–H groups in total. The highest BCUT2D eigenvalue weighted by Crippen LogP contribution is 2.50. The highest BCUT2D eigenvalue weighted by molar-refractivity contribution is 5.67. The van der Waals surface area contributed by atoms with Gasteiger partial charge in [0.1, 0.15) is 6.10 Å². The minimum atomic E-state index is -0.748. The van der Waals surface area contributed by atoms with Crippen molar-refractivity contribution in [3.63, 3.8) is 0 Å². The Morgan fingerprint density at radius 1 is 1.25 bits per heavy atom. The lowest BCUT2D eigenvalue weighted by molar-refractivity contribution is -0.139. The molecular weight excluding hydrogens is 352 g/mol. The Hall–Kier alpha value is -1.31. The highest BCUT2D eigenvalue weighted by atomic mass is 16.4. The van der Waals surface area contributed by atoms with Gasteiger partial charge in [0.2, 0.25) is 0 Å². The van der Waals surface area contributed by atoms with Gasteiger partial charge in [-0.25, -0.2) is 0 Å². The van der Waals surface area contributed by atoms with E-state index in [9.17, 15) is 15.0 Å². The van der Waals surface area contributed by atoms with Crippen LogP contribution in [-0.4, -0.2) is 33.5 Å². The summed E-state index contributed by atoms with van der Waals surface area (Å²) < 4.78 is 0. The molecule has 0 aromatic carbocycles. The number of hydrogen-bond donors (Lipinski definition) is 3. The second kappa shape index (κ2) is 9.01. The fourth-order valence-corrected chi connectivity index (χ4v) is 5.48. The van der Waals surface area contributed by atoms with Crippen molar-refractivity contribution < 1.29 is 20.1 Å². The largest absolute Gasteiger partial charge is 0.481 e. The first-order valence-corrected chi connectivity index (χ1v) is 11.0. The fourth-order valence-electron chi connectivity index (χ4n) is 5.48. The van der Waals surface area contributed by atoms with Crippen molar-refractivity contribution in [1.29, 1.82) is 0 Å². The lowest BCUT2D eigenvalue weighted by atomic mass is 9.84. The third-order valence-corrected chi connectivity index (χ3v) is 7.12. The summed E-state index contributed by atoms with van der Waals surface area (Å²) in [5, 5.41) is 30.0. The highest BCUT2D eigenvalue weighted by Gasteiger charge is 2.45. The van der Waals surface area contributed by atoms with E-state index in [2.05, 4.69) is 17.9 Å². The van der Waals surface area contributed by atoms with Crippen molar-refractivity contribution in [2.75, 3.05) is 0 Å². The molecule has 3 saturated carbocycles. The second-order valence-corrected chi connectivity index (χ2v) is 10.1. The molecule has 0 saturated heterocycles. The molecule has 3 rings (SSSR count). The van der Waals surface area contributed by atoms with E-state index in [1.165, 1.54) is 24.8 Å². The van der Waals surface area contributed by atoms with E-state index in [0.717, 1.165) is 38.5 Å². The Kier molecular flexibility index (Phi) is 6.89. The zero-order chi connectivity index (χ0) is 20.3. The first kappa shape index (κ1) is 21.4. The number of fused-ring (bicyclic) bond motifs is 1. The Bertz CT molecular complexity index is 647. The Labute approximate surface area is 169 Å². The lowest BCUT2D eigenvalue weighted by Gasteiger charge is -2.23. The Morgan fingerprint density at radius 2 is 1.96 bits per heavy atom. The smallest absolute Gasteiger partial charge is 0.303 e. The molecule has 3 aliphatic rings. The molecule has 3 aliphatic carbocycles. The Morgan fingerprint density at radius 3 is 2.64 bits per heavy atom. The number of aliphatic hydroxyl groups excluding tert-OH is 2. The maximum absolute atomic E-state index is 11.0. The van der Waals surface area contributed by atoms with Gasteiger partial charge in [0.05, 0.1) is 12.5 Å². The van der Waals surface area contributed by atoms with Crippen LogP contribution in [0.5, 0.6) is 0 Å². The van der Waals surface area contributed by atoms with Gasteiger partial charge in [-0.15, -0.1) is 0 Å². The topological polar surface area (TPSA) is 77.8 Å². The zero-order valence-electron chi connectivity index (χ0n) is 17.4. The molecule has 0 heterocycles. The van der Waals surface area contributed by atoms with E-state index >= 15 is 0 Å². The maximum Gasteiger partial charge on any atom is 0.303 e. The van der Waals surface area contributed by atoms with Gasteiger partial charge in [-0.05, 0) is 61.7 Å². The summed E-state index contributed by atoms with van der Waals surface area (Å²) in [5.74, 6) is 6.70. The normalized spacial score (nSPS) is 33.4. The second-order valence-electron chi connectivity index (χ2n) is 10.1. The number of allylic oxidation sites excluding steroid dienone is 2. The molecule has 0 spiro atoms. The van der Waals surface area contributed by atoms with Crippen molar-refractivity contribution in [2.45, 2.75) is 90.3 Å². The molecule has 0 amide bonds. The molecule has 28 heavy (non-hydrogen) atoms. The van der Waals surface area contributed by atoms with E-state index in [-0.39, 0.29) is 23.9 Å². The Balaban J connectivity index is 1.60. The predicted octanol–water partition coefficient (Wildman–Crippen LogP) is 4.16. The number of aliphatic hydroxyl groups is 2. The van der Waals surface area contributed by atoms with Crippen LogP contribution in [0, 0.1) is 40.9 Å². The van der Waals surface area contributed by atoms with E-state index in [1.807, 2.05) is 13.8 Å². The van der Waals surface area contributed by atoms with Gasteiger partial charge >= 0.3 is 5.97 Å². The summed E-state index contributed by atoms with van der Waals surface area (Å²) in [5.41, 5.74) is 1.15. The molecule has 4 nitrogen and oxygen atoms in total. The SMILES string of the molecule is CC(C)(C/C=C1\C[C@H]2C[C@@H](O)[C@H](C#C[C@H](O)C3CCCCC3)[C@H]2C1)CC(=O)O. The summed E-state index contributed by atoms with van der Waals surface area (Å²) in [6.45, 7) is 4.00. The molecule has 0 bridgehead atoms. The molecule has 156 valence electrons. The van der Waals surface area contributed by atoms with Crippen molar-refractivity contribution in [3.05, 3.63) is 11.6 Å². The van der Waals surface area contributed by atoms with Crippen LogP contribution in [-0.2, 0) is 4.79 Å². The van der Waals surface area contributed by atoms with Crippen LogP contribution in [0.2, 0.25) is 0 Å². The number of aliphatic carboxylic acids is 1. The van der Waals surface area contributed by atoms with E-state index in [4.69, 9.17) is 5.11 Å². The van der Waals surface area contributed by atoms with E-state index in [0.29, 0.717) is 17.8 Å². The van der Waals surface area contributed by atoms with Gasteiger partial charge in [-0.3, -0.25) is 4.79 Å². The van der Waals surface area contributed by atoms with Crippen LogP contribution >= 0.6 is 0 Å². The summed E-state index contributed by atoms with van der Waals surface area (Å²) >= 11 is 0. The summed E-state index contributed by atoms with van der Waals surface area (Å²) in [6, 6.07) is 0. The molecule has 0 aliphatic heterocycles. The van der Waals surface area contributed by atoms with Gasteiger partial charge in [0, 0.05) is 5.92 Å². The van der Waals surface area contributed by atoms with Crippen LogP contribution in [0.1, 0.15) is 78.1 Å². The number of hydrogen-bond acceptors (Lipinski definition) is 3. The fraction of sp³-hybridized carbons (Fsp3) is 0.792. The molecule has 0 aromatic heterocycles. The average molecular weight is 389 g/mol. The zero-order valence-corrected chi connectivity index (χ0v) is 17.4. The minimum Gasteiger partial charge on any atom is -0.481 e. The monoisotopic (exact) mass is 388 g/mol. The summed E-state index contributed by atoms with van der Waals surface area (Å²) in [7, 11) is 0. The lowest BCUT2D eigenvalue weighted by Crippen LogP contribution is -2.23. The van der Waals surface area contributed by atoms with Gasteiger partial charge in [0.25, 0.3) is 0 Å². The summed E-state index contributed by atoms with van der Waals surface area (Å²) in [4.78, 5) is 11.0. The maximum atomic E-state index is 11.0. The first-order valence-electron chi connectivity index (χ1n) is 11.0. The molecule has 5 atom stereocenters. The number of carboxylic acid groups (broad SMARTS) is 1. The minimum absolute atomic E-state index is 0.0406. The van der Waals surface area contributed by atoms with Gasteiger partial charge in [-0.1, -0.05) is 56.6 Å². The molecule has 0 aromatic rings. The molecular formula is C24H36O4. The van der Waals surface area contributed by atoms with Gasteiger partial charge < -0.3 is 15.3 Å². The van der Waals surface area contributed by atoms with Gasteiger partial charge in [-0.2, -0.15) is 0 Å². The third kappa shape index (κ3) is 5.39. The van der Waals surface area contributed by atoms with Crippen molar-refractivity contribution in [1.82, 2.24) is 0 Å². The average Bonchev–Trinajstić information content (AvgIpc) is 3.14. The molecule has 0 unspecified atom stereocenters. The van der Waals surface area contributed by atoms with Crippen LogP contribution in [0.4, 0.5) is 0 Å². The van der Waals surface area contributed by atoms with Crippen molar-refractivity contribution >= 4 is 5.97 Å². The van der Waals surface area contributed by atoms with Crippen LogP contribution in [0.3, 0.4) is 0 Å². The number of carboxylic acids is 1.